The van der Waals surface area contributed by atoms with Crippen molar-refractivity contribution in [3.05, 3.63) is 84.3 Å². The van der Waals surface area contributed by atoms with Gasteiger partial charge in [-0.15, -0.1) is 0 Å². The molecule has 0 spiro atoms. The zero-order chi connectivity index (χ0) is 25.8. The average Bonchev–Trinajstić information content (AvgIpc) is 3.62. The van der Waals surface area contributed by atoms with E-state index >= 15 is 0 Å². The smallest absolute Gasteiger partial charge is 0.306 e. The Bertz CT molecular complexity index is 1400. The highest BCUT2D eigenvalue weighted by Crippen LogP contribution is 2.35. The Kier molecular flexibility index (Phi) is 7.26. The maximum atomic E-state index is 12.4. The van der Waals surface area contributed by atoms with E-state index in [1.807, 2.05) is 36.4 Å². The summed E-state index contributed by atoms with van der Waals surface area (Å²) in [6.07, 6.45) is 6.84. The summed E-state index contributed by atoms with van der Waals surface area (Å²) in [6.45, 7) is 2.41. The first kappa shape index (κ1) is 24.6. The number of amides is 1. The van der Waals surface area contributed by atoms with Crippen LogP contribution in [-0.2, 0) is 11.2 Å². The van der Waals surface area contributed by atoms with Crippen molar-refractivity contribution in [3.63, 3.8) is 0 Å². The number of hydrogen-bond donors (Lipinski definition) is 2. The molecule has 37 heavy (non-hydrogen) atoms. The normalized spacial score (nSPS) is 14.5. The molecule has 1 amide bonds. The number of ether oxygens (including phenoxy) is 1. The number of carboxylic acids is 1. The molecule has 1 fully saturated rings. The Hall–Kier alpha value is -4.06. The Morgan fingerprint density at radius 2 is 1.84 bits per heavy atom. The highest BCUT2D eigenvalue weighted by molar-refractivity contribution is 6.03. The molecule has 5 rings (SSSR count). The van der Waals surface area contributed by atoms with Crippen molar-refractivity contribution >= 4 is 28.3 Å². The number of furan rings is 1. The lowest BCUT2D eigenvalue weighted by atomic mass is 9.95. The largest absolute Gasteiger partial charge is 0.493 e. The van der Waals surface area contributed by atoms with Gasteiger partial charge in [-0.3, -0.25) is 9.59 Å². The summed E-state index contributed by atoms with van der Waals surface area (Å²) in [6, 6.07) is 21.3. The first-order valence-corrected chi connectivity index (χ1v) is 12.8. The van der Waals surface area contributed by atoms with Crippen LogP contribution in [0.25, 0.3) is 21.9 Å². The topological polar surface area (TPSA) is 88.8 Å². The average molecular weight is 498 g/mol. The Morgan fingerprint density at radius 3 is 2.59 bits per heavy atom. The molecule has 1 unspecified atom stereocenters. The van der Waals surface area contributed by atoms with E-state index < -0.39 is 11.9 Å². The molecule has 1 heterocycles. The molecule has 0 radical (unpaired) electrons. The van der Waals surface area contributed by atoms with Crippen LogP contribution in [0.3, 0.4) is 0 Å². The summed E-state index contributed by atoms with van der Waals surface area (Å²) < 4.78 is 11.5. The second-order valence-corrected chi connectivity index (χ2v) is 9.94. The number of carboxylic acid groups (broad SMARTS) is 1. The van der Waals surface area contributed by atoms with Crippen LogP contribution in [-0.4, -0.2) is 23.6 Å². The first-order chi connectivity index (χ1) is 18.0. The Morgan fingerprint density at radius 1 is 1.03 bits per heavy atom. The van der Waals surface area contributed by atoms with Crippen LogP contribution in [0.15, 0.2) is 77.4 Å². The highest BCUT2D eigenvalue weighted by Gasteiger charge is 2.18. The number of aliphatic carboxylic acids is 1. The molecule has 0 bridgehead atoms. The third-order valence-electron chi connectivity index (χ3n) is 7.11. The lowest BCUT2D eigenvalue weighted by molar-refractivity contribution is -0.141. The second kappa shape index (κ2) is 10.9. The van der Waals surface area contributed by atoms with Gasteiger partial charge in [-0.25, -0.2) is 0 Å². The van der Waals surface area contributed by atoms with Crippen LogP contribution >= 0.6 is 0 Å². The molecule has 0 aliphatic heterocycles. The predicted molar refractivity (Wildman–Crippen MR) is 144 cm³/mol. The van der Waals surface area contributed by atoms with Gasteiger partial charge in [-0.2, -0.15) is 0 Å². The molecular formula is C31H31NO5. The van der Waals surface area contributed by atoms with Crippen LogP contribution in [0, 0.1) is 11.8 Å². The Balaban J connectivity index is 1.46. The molecule has 1 aliphatic carbocycles. The number of carbonyl (C=O) groups is 2. The number of hydrogen-bond acceptors (Lipinski definition) is 4. The maximum Gasteiger partial charge on any atom is 0.306 e. The molecule has 6 nitrogen and oxygen atoms in total. The molecule has 6 heteroatoms. The van der Waals surface area contributed by atoms with Crippen molar-refractivity contribution in [1.29, 1.82) is 0 Å². The number of benzene rings is 3. The molecule has 3 aromatic carbocycles. The zero-order valence-electron chi connectivity index (χ0n) is 20.9. The molecule has 1 aromatic heterocycles. The van der Waals surface area contributed by atoms with Gasteiger partial charge in [0.05, 0.1) is 18.8 Å². The monoisotopic (exact) mass is 497 g/mol. The SMILES string of the molecule is CC(Cc1ccc(OCC2CCCC2)c(-c2ccc3ccc(NC(=O)c4ccco4)cc3c2)c1)C(=O)O. The molecule has 1 aliphatic rings. The fourth-order valence-corrected chi connectivity index (χ4v) is 4.97. The van der Waals surface area contributed by atoms with E-state index in [4.69, 9.17) is 9.15 Å². The van der Waals surface area contributed by atoms with Crippen molar-refractivity contribution in [2.24, 2.45) is 11.8 Å². The van der Waals surface area contributed by atoms with Gasteiger partial charge in [-0.1, -0.05) is 44.0 Å². The van der Waals surface area contributed by atoms with E-state index in [9.17, 15) is 14.7 Å². The van der Waals surface area contributed by atoms with Crippen LogP contribution < -0.4 is 10.1 Å². The minimum absolute atomic E-state index is 0.255. The van der Waals surface area contributed by atoms with Gasteiger partial charge < -0.3 is 19.6 Å². The maximum absolute atomic E-state index is 12.4. The van der Waals surface area contributed by atoms with E-state index in [-0.39, 0.29) is 11.7 Å². The van der Waals surface area contributed by atoms with Crippen LogP contribution in [0.1, 0.15) is 48.7 Å². The highest BCUT2D eigenvalue weighted by atomic mass is 16.5. The Labute approximate surface area is 216 Å². The molecule has 2 N–H and O–H groups in total. The van der Waals surface area contributed by atoms with Gasteiger partial charge in [0.25, 0.3) is 5.91 Å². The van der Waals surface area contributed by atoms with E-state index in [2.05, 4.69) is 23.5 Å². The first-order valence-electron chi connectivity index (χ1n) is 12.8. The fourth-order valence-electron chi connectivity index (χ4n) is 4.97. The fraction of sp³-hybridized carbons (Fsp3) is 0.290. The van der Waals surface area contributed by atoms with Crippen molar-refractivity contribution in [3.8, 4) is 16.9 Å². The molecule has 190 valence electrons. The molecule has 1 atom stereocenters. The van der Waals surface area contributed by atoms with Gasteiger partial charge in [0.15, 0.2) is 5.76 Å². The van der Waals surface area contributed by atoms with E-state index in [1.54, 1.807) is 19.1 Å². The summed E-state index contributed by atoms with van der Waals surface area (Å²) in [4.78, 5) is 23.9. The minimum Gasteiger partial charge on any atom is -0.493 e. The van der Waals surface area contributed by atoms with Gasteiger partial charge in [0.1, 0.15) is 5.75 Å². The predicted octanol–water partition coefficient (Wildman–Crippen LogP) is 7.18. The summed E-state index contributed by atoms with van der Waals surface area (Å²) in [7, 11) is 0. The van der Waals surface area contributed by atoms with Crippen LogP contribution in [0.4, 0.5) is 5.69 Å². The van der Waals surface area contributed by atoms with E-state index in [0.717, 1.165) is 33.2 Å². The number of rotatable bonds is 9. The van der Waals surface area contributed by atoms with E-state index in [1.165, 1.54) is 31.9 Å². The quantitative estimate of drug-likeness (QED) is 0.256. The number of anilines is 1. The molecule has 0 saturated heterocycles. The number of carbonyl (C=O) groups excluding carboxylic acids is 1. The van der Waals surface area contributed by atoms with Gasteiger partial charge in [0.2, 0.25) is 0 Å². The van der Waals surface area contributed by atoms with E-state index in [0.29, 0.717) is 24.6 Å². The molecule has 1 saturated carbocycles. The lowest BCUT2D eigenvalue weighted by Crippen LogP contribution is -2.12. The lowest BCUT2D eigenvalue weighted by Gasteiger charge is -2.17. The van der Waals surface area contributed by atoms with Crippen molar-refractivity contribution in [1.82, 2.24) is 0 Å². The van der Waals surface area contributed by atoms with Gasteiger partial charge in [-0.05, 0) is 89.5 Å². The second-order valence-electron chi connectivity index (χ2n) is 9.94. The third kappa shape index (κ3) is 5.85. The third-order valence-corrected chi connectivity index (χ3v) is 7.11. The standard InChI is InChI=1S/C31H31NO5/c1-20(31(34)35)15-22-8-13-28(37-19-21-5-2-3-6-21)27(16-22)24-10-9-23-11-12-26(18-25(23)17-24)32-30(33)29-7-4-14-36-29/h4,7-14,16-18,20-21H,2-3,5-6,15,19H2,1H3,(H,32,33)(H,34,35). The van der Waals surface area contributed by atoms with Crippen molar-refractivity contribution in [2.45, 2.75) is 39.0 Å². The van der Waals surface area contributed by atoms with Gasteiger partial charge in [0, 0.05) is 11.3 Å². The van der Waals surface area contributed by atoms with Crippen molar-refractivity contribution < 1.29 is 23.8 Å². The van der Waals surface area contributed by atoms with Gasteiger partial charge >= 0.3 is 5.97 Å². The zero-order valence-corrected chi connectivity index (χ0v) is 20.9. The summed E-state index contributed by atoms with van der Waals surface area (Å²) in [5, 5.41) is 14.3. The summed E-state index contributed by atoms with van der Waals surface area (Å²) in [5.74, 6) is 0.0541. The van der Waals surface area contributed by atoms with Crippen LogP contribution in [0.2, 0.25) is 0 Å². The number of fused-ring (bicyclic) bond motifs is 1. The summed E-state index contributed by atoms with van der Waals surface area (Å²) >= 11 is 0. The number of nitrogens with one attached hydrogen (secondary N) is 1. The molecule has 4 aromatic rings. The molecular weight excluding hydrogens is 466 g/mol. The minimum atomic E-state index is -0.807. The summed E-state index contributed by atoms with van der Waals surface area (Å²) in [5.41, 5.74) is 3.55. The van der Waals surface area contributed by atoms with Crippen LogP contribution in [0.5, 0.6) is 5.75 Å². The van der Waals surface area contributed by atoms with Crippen molar-refractivity contribution in [2.75, 3.05) is 11.9 Å².